The molecule has 1 atom stereocenters. The average Bonchev–Trinajstić information content (AvgIpc) is 3.17. The van der Waals surface area contributed by atoms with Crippen molar-refractivity contribution in [1.82, 2.24) is 15.2 Å². The number of fused-ring (bicyclic) bond motifs is 3. The van der Waals surface area contributed by atoms with Crippen molar-refractivity contribution >= 4 is 22.9 Å². The summed E-state index contributed by atoms with van der Waals surface area (Å²) in [6, 6.07) is 11.3. The molecule has 1 aliphatic heterocycles. The molecule has 0 fully saturated rings. The van der Waals surface area contributed by atoms with Crippen LogP contribution in [0.5, 0.6) is 5.75 Å². The second-order valence-corrected chi connectivity index (χ2v) is 7.61. The largest absolute Gasteiger partial charge is 0.497 e. The van der Waals surface area contributed by atoms with E-state index in [9.17, 15) is 14.0 Å². The first-order valence-electron chi connectivity index (χ1n) is 10.7. The maximum atomic E-state index is 13.6. The number of carbonyl (C=O) groups is 2. The minimum absolute atomic E-state index is 0.103. The summed E-state index contributed by atoms with van der Waals surface area (Å²) in [4.78, 5) is 29.8. The van der Waals surface area contributed by atoms with Crippen molar-refractivity contribution in [2.24, 2.45) is 0 Å². The second kappa shape index (κ2) is 9.30. The van der Waals surface area contributed by atoms with Gasteiger partial charge >= 0.3 is 12.0 Å². The van der Waals surface area contributed by atoms with Crippen molar-refractivity contribution in [2.75, 3.05) is 26.8 Å². The van der Waals surface area contributed by atoms with Crippen LogP contribution in [0.4, 0.5) is 9.18 Å². The quantitative estimate of drug-likeness (QED) is 0.570. The molecule has 1 aromatic heterocycles. The summed E-state index contributed by atoms with van der Waals surface area (Å²) in [6.45, 7) is 2.70. The van der Waals surface area contributed by atoms with E-state index in [0.29, 0.717) is 19.6 Å². The van der Waals surface area contributed by atoms with Gasteiger partial charge in [-0.15, -0.1) is 0 Å². The van der Waals surface area contributed by atoms with Gasteiger partial charge in [-0.25, -0.2) is 9.18 Å². The Labute approximate surface area is 185 Å². The molecule has 0 saturated carbocycles. The zero-order chi connectivity index (χ0) is 22.7. The van der Waals surface area contributed by atoms with E-state index in [1.807, 2.05) is 18.2 Å². The lowest BCUT2D eigenvalue weighted by Gasteiger charge is -2.36. The van der Waals surface area contributed by atoms with Gasteiger partial charge in [-0.1, -0.05) is 12.1 Å². The van der Waals surface area contributed by atoms with Crippen molar-refractivity contribution in [3.05, 3.63) is 65.1 Å². The molecular formula is C24H26FN3O4. The normalized spacial score (nSPS) is 15.3. The Morgan fingerprint density at radius 1 is 1.22 bits per heavy atom. The van der Waals surface area contributed by atoms with Gasteiger partial charge in [-0.2, -0.15) is 0 Å². The highest BCUT2D eigenvalue weighted by Gasteiger charge is 2.34. The molecule has 3 aromatic rings. The lowest BCUT2D eigenvalue weighted by atomic mass is 9.92. The van der Waals surface area contributed by atoms with E-state index in [2.05, 4.69) is 10.3 Å². The molecule has 2 amide bonds. The number of hydrogen-bond acceptors (Lipinski definition) is 4. The van der Waals surface area contributed by atoms with Crippen LogP contribution in [0.25, 0.3) is 10.9 Å². The van der Waals surface area contributed by atoms with E-state index in [4.69, 9.17) is 9.47 Å². The molecule has 168 valence electrons. The first kappa shape index (κ1) is 21.7. The van der Waals surface area contributed by atoms with Gasteiger partial charge in [0.15, 0.2) is 0 Å². The van der Waals surface area contributed by atoms with E-state index in [1.165, 1.54) is 12.1 Å². The Balaban J connectivity index is 1.66. The molecule has 2 heterocycles. The number of rotatable bonds is 6. The zero-order valence-electron chi connectivity index (χ0n) is 18.1. The maximum absolute atomic E-state index is 13.6. The van der Waals surface area contributed by atoms with Gasteiger partial charge in [0, 0.05) is 29.7 Å². The molecule has 0 unspecified atom stereocenters. The summed E-state index contributed by atoms with van der Waals surface area (Å²) in [5.74, 6) is 0.0711. The number of urea groups is 1. The number of esters is 1. The number of halogens is 1. The molecule has 0 saturated heterocycles. The number of ether oxygens (including phenoxy) is 2. The molecule has 1 aliphatic rings. The summed E-state index contributed by atoms with van der Waals surface area (Å²) in [5.41, 5.74) is 3.76. The zero-order valence-corrected chi connectivity index (χ0v) is 18.1. The van der Waals surface area contributed by atoms with E-state index in [0.717, 1.165) is 33.5 Å². The Morgan fingerprint density at radius 2 is 2.00 bits per heavy atom. The number of methoxy groups -OCH3 is 1. The third-order valence-corrected chi connectivity index (χ3v) is 5.69. The minimum atomic E-state index is -0.416. The van der Waals surface area contributed by atoms with Gasteiger partial charge in [-0.05, 0) is 54.8 Å². The number of hydrogen-bond donors (Lipinski definition) is 2. The monoisotopic (exact) mass is 439 g/mol. The third-order valence-electron chi connectivity index (χ3n) is 5.69. The summed E-state index contributed by atoms with van der Waals surface area (Å²) in [7, 11) is 1.63. The number of nitrogens with one attached hydrogen (secondary N) is 2. The SMILES string of the molecule is CCOC(=O)CCNC(=O)N1CCc2c([nH]c3ccc(OC)cc23)[C@H]1c1ccc(F)cc1. The minimum Gasteiger partial charge on any atom is -0.497 e. The molecule has 0 spiro atoms. The summed E-state index contributed by atoms with van der Waals surface area (Å²) in [6.07, 6.45) is 0.761. The van der Waals surface area contributed by atoms with Crippen LogP contribution in [0.2, 0.25) is 0 Å². The van der Waals surface area contributed by atoms with Crippen LogP contribution < -0.4 is 10.1 Å². The fourth-order valence-corrected chi connectivity index (χ4v) is 4.21. The van der Waals surface area contributed by atoms with Crippen molar-refractivity contribution in [1.29, 1.82) is 0 Å². The maximum Gasteiger partial charge on any atom is 0.318 e. The number of nitrogens with zero attached hydrogens (tertiary/aromatic N) is 1. The van der Waals surface area contributed by atoms with Gasteiger partial charge in [0.25, 0.3) is 0 Å². The van der Waals surface area contributed by atoms with E-state index < -0.39 is 6.04 Å². The van der Waals surface area contributed by atoms with Crippen LogP contribution in [0.3, 0.4) is 0 Å². The highest BCUT2D eigenvalue weighted by Crippen LogP contribution is 2.39. The molecule has 2 aromatic carbocycles. The van der Waals surface area contributed by atoms with Gasteiger partial charge in [-0.3, -0.25) is 4.79 Å². The first-order chi connectivity index (χ1) is 15.5. The molecule has 0 bridgehead atoms. The Bertz CT molecular complexity index is 1130. The standard InChI is InChI=1S/C24H26FN3O4/c1-3-32-21(29)10-12-26-24(30)28-13-11-18-19-14-17(31-2)8-9-20(19)27-22(18)23(28)15-4-6-16(25)7-5-15/h4-9,14,23,27H,3,10-13H2,1-2H3,(H,26,30)/t23-/m1/s1. The molecule has 4 rings (SSSR count). The number of benzene rings is 2. The molecule has 32 heavy (non-hydrogen) atoms. The lowest BCUT2D eigenvalue weighted by molar-refractivity contribution is -0.142. The predicted octanol–water partition coefficient (Wildman–Crippen LogP) is 3.93. The summed E-state index contributed by atoms with van der Waals surface area (Å²) in [5, 5.41) is 3.86. The van der Waals surface area contributed by atoms with Crippen LogP contribution in [-0.4, -0.2) is 48.7 Å². The first-order valence-corrected chi connectivity index (χ1v) is 10.7. The van der Waals surface area contributed by atoms with Crippen LogP contribution >= 0.6 is 0 Å². The van der Waals surface area contributed by atoms with Crippen LogP contribution in [0, 0.1) is 5.82 Å². The Kier molecular flexibility index (Phi) is 6.30. The molecule has 7 nitrogen and oxygen atoms in total. The number of amides is 2. The van der Waals surface area contributed by atoms with Crippen molar-refractivity contribution < 1.29 is 23.5 Å². The van der Waals surface area contributed by atoms with Crippen LogP contribution in [-0.2, 0) is 16.0 Å². The highest BCUT2D eigenvalue weighted by molar-refractivity contribution is 5.87. The second-order valence-electron chi connectivity index (χ2n) is 7.61. The summed E-state index contributed by atoms with van der Waals surface area (Å²) >= 11 is 0. The van der Waals surface area contributed by atoms with E-state index in [1.54, 1.807) is 31.1 Å². The van der Waals surface area contributed by atoms with Crippen LogP contribution in [0.1, 0.15) is 36.2 Å². The Morgan fingerprint density at radius 3 is 2.72 bits per heavy atom. The smallest absolute Gasteiger partial charge is 0.318 e. The van der Waals surface area contributed by atoms with E-state index in [-0.39, 0.29) is 30.8 Å². The Hall–Kier alpha value is -3.55. The molecule has 0 aliphatic carbocycles. The summed E-state index contributed by atoms with van der Waals surface area (Å²) < 4.78 is 23.9. The topological polar surface area (TPSA) is 83.7 Å². The van der Waals surface area contributed by atoms with Gasteiger partial charge < -0.3 is 24.7 Å². The predicted molar refractivity (Wildman–Crippen MR) is 118 cm³/mol. The van der Waals surface area contributed by atoms with Crippen molar-refractivity contribution in [2.45, 2.75) is 25.8 Å². The van der Waals surface area contributed by atoms with Gasteiger partial charge in [0.05, 0.1) is 26.2 Å². The fourth-order valence-electron chi connectivity index (χ4n) is 4.21. The fraction of sp³-hybridized carbons (Fsp3) is 0.333. The average molecular weight is 439 g/mol. The van der Waals surface area contributed by atoms with Gasteiger partial charge in [0.1, 0.15) is 11.6 Å². The van der Waals surface area contributed by atoms with Crippen molar-refractivity contribution in [3.8, 4) is 5.75 Å². The van der Waals surface area contributed by atoms with Gasteiger partial charge in [0.2, 0.25) is 0 Å². The van der Waals surface area contributed by atoms with Crippen molar-refractivity contribution in [3.63, 3.8) is 0 Å². The van der Waals surface area contributed by atoms with Crippen LogP contribution in [0.15, 0.2) is 42.5 Å². The molecular weight excluding hydrogens is 413 g/mol. The highest BCUT2D eigenvalue weighted by atomic mass is 19.1. The third kappa shape index (κ3) is 4.26. The number of H-pyrrole nitrogens is 1. The lowest BCUT2D eigenvalue weighted by Crippen LogP contribution is -2.46. The number of carbonyl (C=O) groups excluding carboxylic acids is 2. The molecule has 8 heteroatoms. The number of aromatic nitrogens is 1. The molecule has 0 radical (unpaired) electrons. The van der Waals surface area contributed by atoms with E-state index >= 15 is 0 Å². The number of aromatic amines is 1. The molecule has 2 N–H and O–H groups in total.